The topological polar surface area (TPSA) is 41.1 Å². The van der Waals surface area contributed by atoms with Gasteiger partial charge in [-0.2, -0.15) is 0 Å². The maximum Gasteiger partial charge on any atom is 0.251 e. The Morgan fingerprint density at radius 3 is 1.94 bits per heavy atom. The van der Waals surface area contributed by atoms with E-state index in [4.69, 9.17) is 12.2 Å². The highest BCUT2D eigenvalue weighted by Gasteiger charge is 2.43. The van der Waals surface area contributed by atoms with E-state index < -0.39 is 5.54 Å². The molecule has 1 heterocycles. The first-order chi connectivity index (χ1) is 8.14. The zero-order valence-corrected chi connectivity index (χ0v) is 11.8. The zero-order valence-electron chi connectivity index (χ0n) is 11.0. The molecule has 0 aliphatic carbocycles. The van der Waals surface area contributed by atoms with Crippen molar-refractivity contribution < 1.29 is 4.79 Å². The third kappa shape index (κ3) is 3.95. The summed E-state index contributed by atoms with van der Waals surface area (Å²) in [7, 11) is 0. The summed E-state index contributed by atoms with van der Waals surface area (Å²) in [6.45, 7) is 4.35. The Morgan fingerprint density at radius 1 is 1.06 bits per heavy atom. The minimum Gasteiger partial charge on any atom is -0.348 e. The Balaban J connectivity index is 2.57. The van der Waals surface area contributed by atoms with Gasteiger partial charge >= 0.3 is 0 Å². The molecule has 0 atom stereocenters. The van der Waals surface area contributed by atoms with Crippen molar-refractivity contribution in [3.05, 3.63) is 0 Å². The molecule has 98 valence electrons. The molecule has 0 aromatic rings. The number of hydrogen-bond acceptors (Lipinski definition) is 2. The molecule has 3 nitrogen and oxygen atoms in total. The lowest BCUT2D eigenvalue weighted by molar-refractivity contribution is -0.124. The molecule has 0 unspecified atom stereocenters. The Kier molecular flexibility index (Phi) is 5.89. The van der Waals surface area contributed by atoms with Crippen molar-refractivity contribution in [2.24, 2.45) is 0 Å². The van der Waals surface area contributed by atoms with Crippen LogP contribution in [0.3, 0.4) is 0 Å². The molecule has 2 N–H and O–H groups in total. The molecule has 1 aliphatic heterocycles. The maximum absolute atomic E-state index is 12.0. The summed E-state index contributed by atoms with van der Waals surface area (Å²) in [5.41, 5.74) is -0.415. The van der Waals surface area contributed by atoms with E-state index in [2.05, 4.69) is 24.5 Å². The first-order valence-corrected chi connectivity index (χ1v) is 7.19. The molecule has 1 aliphatic rings. The van der Waals surface area contributed by atoms with Crippen LogP contribution in [-0.2, 0) is 4.79 Å². The first-order valence-electron chi connectivity index (χ1n) is 6.78. The second-order valence-corrected chi connectivity index (χ2v) is 5.31. The Morgan fingerprint density at radius 2 is 1.59 bits per heavy atom. The molecule has 1 fully saturated rings. The highest BCUT2D eigenvalue weighted by molar-refractivity contribution is 7.80. The fourth-order valence-electron chi connectivity index (χ4n) is 2.36. The SMILES string of the molecule is CCCCCC1(CCCCC)NC(=S)NC1=O. The van der Waals surface area contributed by atoms with Gasteiger partial charge in [-0.15, -0.1) is 0 Å². The highest BCUT2D eigenvalue weighted by Crippen LogP contribution is 2.25. The van der Waals surface area contributed by atoms with Crippen LogP contribution in [0.25, 0.3) is 0 Å². The summed E-state index contributed by atoms with van der Waals surface area (Å²) in [6, 6.07) is 0. The number of amides is 1. The van der Waals surface area contributed by atoms with E-state index >= 15 is 0 Å². The van der Waals surface area contributed by atoms with E-state index in [1.54, 1.807) is 0 Å². The van der Waals surface area contributed by atoms with Crippen LogP contribution in [0.1, 0.15) is 65.2 Å². The Bertz CT molecular complexity index is 269. The minimum atomic E-state index is -0.415. The number of carbonyl (C=O) groups is 1. The molecule has 0 aromatic heterocycles. The van der Waals surface area contributed by atoms with Crippen LogP contribution in [-0.4, -0.2) is 16.6 Å². The number of carbonyl (C=O) groups excluding carboxylic acids is 1. The van der Waals surface area contributed by atoms with Gasteiger partial charge in [-0.1, -0.05) is 52.4 Å². The van der Waals surface area contributed by atoms with Crippen LogP contribution < -0.4 is 10.6 Å². The molecular weight excluding hydrogens is 232 g/mol. The van der Waals surface area contributed by atoms with Crippen LogP contribution >= 0.6 is 12.2 Å². The number of thiocarbonyl (C=S) groups is 1. The van der Waals surface area contributed by atoms with Gasteiger partial charge in [0.1, 0.15) is 5.54 Å². The van der Waals surface area contributed by atoms with E-state index in [0.29, 0.717) is 5.11 Å². The quantitative estimate of drug-likeness (QED) is 0.518. The Hall–Kier alpha value is -0.640. The van der Waals surface area contributed by atoms with Crippen LogP contribution in [0.4, 0.5) is 0 Å². The summed E-state index contributed by atoms with van der Waals surface area (Å²) < 4.78 is 0. The summed E-state index contributed by atoms with van der Waals surface area (Å²) in [6.07, 6.45) is 8.69. The lowest BCUT2D eigenvalue weighted by Crippen LogP contribution is -2.46. The summed E-state index contributed by atoms with van der Waals surface area (Å²) >= 11 is 5.06. The monoisotopic (exact) mass is 256 g/mol. The highest BCUT2D eigenvalue weighted by atomic mass is 32.1. The summed E-state index contributed by atoms with van der Waals surface area (Å²) in [4.78, 5) is 12.0. The lowest BCUT2D eigenvalue weighted by Gasteiger charge is -2.26. The van der Waals surface area contributed by atoms with Gasteiger partial charge in [-0.05, 0) is 25.1 Å². The van der Waals surface area contributed by atoms with Gasteiger partial charge in [0, 0.05) is 0 Å². The molecular formula is C13H24N2OS. The van der Waals surface area contributed by atoms with Gasteiger partial charge in [0.15, 0.2) is 5.11 Å². The Labute approximate surface area is 110 Å². The second-order valence-electron chi connectivity index (χ2n) is 4.90. The van der Waals surface area contributed by atoms with E-state index in [0.717, 1.165) is 25.7 Å². The van der Waals surface area contributed by atoms with Crippen molar-refractivity contribution in [1.29, 1.82) is 0 Å². The van der Waals surface area contributed by atoms with Crippen molar-refractivity contribution in [2.45, 2.75) is 70.8 Å². The van der Waals surface area contributed by atoms with Crippen molar-refractivity contribution in [1.82, 2.24) is 10.6 Å². The van der Waals surface area contributed by atoms with Crippen molar-refractivity contribution in [2.75, 3.05) is 0 Å². The van der Waals surface area contributed by atoms with E-state index in [-0.39, 0.29) is 5.91 Å². The normalized spacial score (nSPS) is 18.0. The number of rotatable bonds is 8. The minimum absolute atomic E-state index is 0.0784. The molecule has 0 spiro atoms. The van der Waals surface area contributed by atoms with Gasteiger partial charge in [-0.25, -0.2) is 0 Å². The molecule has 1 rings (SSSR count). The van der Waals surface area contributed by atoms with Crippen LogP contribution in [0.15, 0.2) is 0 Å². The van der Waals surface area contributed by atoms with Gasteiger partial charge in [0.25, 0.3) is 5.91 Å². The van der Waals surface area contributed by atoms with Gasteiger partial charge in [-0.3, -0.25) is 4.79 Å². The van der Waals surface area contributed by atoms with Gasteiger partial charge in [0.05, 0.1) is 0 Å². The van der Waals surface area contributed by atoms with Crippen molar-refractivity contribution >= 4 is 23.2 Å². The third-order valence-corrected chi connectivity index (χ3v) is 3.63. The van der Waals surface area contributed by atoms with E-state index in [1.807, 2.05) is 0 Å². The van der Waals surface area contributed by atoms with Crippen molar-refractivity contribution in [3.8, 4) is 0 Å². The number of unbranched alkanes of at least 4 members (excludes halogenated alkanes) is 4. The summed E-state index contributed by atoms with van der Waals surface area (Å²) in [5.74, 6) is 0.0784. The molecule has 17 heavy (non-hydrogen) atoms. The maximum atomic E-state index is 12.0. The zero-order chi connectivity index (χ0) is 12.7. The van der Waals surface area contributed by atoms with Crippen molar-refractivity contribution in [3.63, 3.8) is 0 Å². The first kappa shape index (κ1) is 14.4. The average Bonchev–Trinajstić information content (AvgIpc) is 2.55. The molecule has 1 amide bonds. The number of nitrogens with one attached hydrogen (secondary N) is 2. The molecule has 0 saturated carbocycles. The van der Waals surface area contributed by atoms with Crippen LogP contribution in [0.2, 0.25) is 0 Å². The lowest BCUT2D eigenvalue weighted by atomic mass is 9.87. The second kappa shape index (κ2) is 6.94. The van der Waals surface area contributed by atoms with Gasteiger partial charge in [0.2, 0.25) is 0 Å². The smallest absolute Gasteiger partial charge is 0.251 e. The van der Waals surface area contributed by atoms with Crippen LogP contribution in [0.5, 0.6) is 0 Å². The van der Waals surface area contributed by atoms with E-state index in [9.17, 15) is 4.79 Å². The standard InChI is InChI=1S/C13H24N2OS/c1-3-5-7-9-13(10-8-6-4-2)11(16)14-12(17)15-13/h3-10H2,1-2H3,(H2,14,15,16,17). The van der Waals surface area contributed by atoms with E-state index in [1.165, 1.54) is 25.7 Å². The van der Waals surface area contributed by atoms with Gasteiger partial charge < -0.3 is 10.6 Å². The van der Waals surface area contributed by atoms with Crippen LogP contribution in [0, 0.1) is 0 Å². The molecule has 0 bridgehead atoms. The fourth-order valence-corrected chi connectivity index (χ4v) is 2.65. The number of hydrogen-bond donors (Lipinski definition) is 2. The third-order valence-electron chi connectivity index (χ3n) is 3.43. The molecule has 1 saturated heterocycles. The predicted octanol–water partition coefficient (Wildman–Crippen LogP) is 2.89. The summed E-state index contributed by atoms with van der Waals surface area (Å²) in [5, 5.41) is 6.45. The fraction of sp³-hybridized carbons (Fsp3) is 0.846. The largest absolute Gasteiger partial charge is 0.348 e. The molecule has 0 radical (unpaired) electrons. The predicted molar refractivity (Wildman–Crippen MR) is 74.9 cm³/mol. The average molecular weight is 256 g/mol. The molecule has 4 heteroatoms. The molecule has 0 aromatic carbocycles.